The first kappa shape index (κ1) is 29.3. The molecule has 1 atom stereocenters. The molecule has 3 rings (SSSR count). The van der Waals surface area contributed by atoms with Gasteiger partial charge in [0.05, 0.1) is 46.6 Å². The second kappa shape index (κ2) is 12.1. The van der Waals surface area contributed by atoms with E-state index in [0.717, 1.165) is 11.3 Å². The number of hydrogen-bond acceptors (Lipinski definition) is 11. The van der Waals surface area contributed by atoms with Crippen molar-refractivity contribution in [1.29, 1.82) is 0 Å². The molecule has 204 valence electrons. The number of rotatable bonds is 11. The summed E-state index contributed by atoms with van der Waals surface area (Å²) in [5, 5.41) is 14.4. The maximum Gasteiger partial charge on any atom is 0.500 e. The summed E-state index contributed by atoms with van der Waals surface area (Å²) in [7, 11) is 0.155. The van der Waals surface area contributed by atoms with Crippen molar-refractivity contribution in [3.8, 4) is 16.9 Å². The molecule has 1 N–H and O–H groups in total. The molecule has 0 saturated carbocycles. The van der Waals surface area contributed by atoms with Crippen LogP contribution in [0.25, 0.3) is 21.3 Å². The van der Waals surface area contributed by atoms with E-state index in [-0.39, 0.29) is 35.3 Å². The Balaban J connectivity index is 2.36. The lowest BCUT2D eigenvalue weighted by atomic mass is 9.98. The third-order valence-electron chi connectivity index (χ3n) is 4.97. The van der Waals surface area contributed by atoms with Crippen molar-refractivity contribution >= 4 is 47.2 Å². The van der Waals surface area contributed by atoms with E-state index >= 15 is 0 Å². The fourth-order valence-corrected chi connectivity index (χ4v) is 4.96. The monoisotopic (exact) mass is 566 g/mol. The van der Waals surface area contributed by atoms with Crippen LogP contribution >= 0.6 is 20.0 Å². The first-order chi connectivity index (χ1) is 18.0. The maximum absolute atomic E-state index is 12.4. The summed E-state index contributed by atoms with van der Waals surface area (Å²) in [4.78, 5) is 28.0. The number of fused-ring (bicyclic) bond motifs is 1. The van der Waals surface area contributed by atoms with E-state index < -0.39 is 31.3 Å². The molecule has 1 aromatic heterocycles. The van der Waals surface area contributed by atoms with Crippen LogP contribution in [-0.4, -0.2) is 41.9 Å². The number of methoxy groups -OCH3 is 1. The van der Waals surface area contributed by atoms with Crippen LogP contribution < -0.4 is 10.1 Å². The van der Waals surface area contributed by atoms with Crippen LogP contribution in [0.2, 0.25) is 0 Å². The van der Waals surface area contributed by atoms with E-state index in [1.54, 1.807) is 46.8 Å². The number of carbonyl (C=O) groups excluding carboxylic acids is 1. The van der Waals surface area contributed by atoms with Gasteiger partial charge in [-0.3, -0.25) is 15.4 Å². The number of nitrogens with zero attached hydrogens (tertiary/aromatic N) is 2. The number of nitrogens with one attached hydrogen (secondary N) is 1. The Bertz CT molecular complexity index is 1330. The summed E-state index contributed by atoms with van der Waals surface area (Å²) < 4.78 is 40.5. The number of aromatic nitrogens is 1. The van der Waals surface area contributed by atoms with Gasteiger partial charge in [-0.15, -0.1) is 0 Å². The highest BCUT2D eigenvalue weighted by Gasteiger charge is 2.45. The van der Waals surface area contributed by atoms with Gasteiger partial charge >= 0.3 is 20.8 Å². The van der Waals surface area contributed by atoms with Crippen LogP contribution in [0.1, 0.15) is 40.2 Å². The summed E-state index contributed by atoms with van der Waals surface area (Å²) in [6, 6.07) is 7.57. The van der Waals surface area contributed by atoms with Gasteiger partial charge in [0.25, 0.3) is 5.69 Å². The molecule has 0 aliphatic heterocycles. The number of benzene rings is 2. The molecule has 12 nitrogen and oxygen atoms in total. The molecule has 0 aliphatic carbocycles. The molecule has 0 aliphatic rings. The number of hydrogen-bond donors (Lipinski definition) is 1. The van der Waals surface area contributed by atoms with Gasteiger partial charge in [-0.2, -0.15) is 0 Å². The van der Waals surface area contributed by atoms with Crippen molar-refractivity contribution < 1.29 is 37.8 Å². The maximum atomic E-state index is 12.4. The van der Waals surface area contributed by atoms with Gasteiger partial charge in [-0.1, -0.05) is 28.0 Å². The Morgan fingerprint density at radius 1 is 1.18 bits per heavy atom. The number of nitro benzene ring substituents is 1. The van der Waals surface area contributed by atoms with Gasteiger partial charge in [0.1, 0.15) is 11.4 Å². The fourth-order valence-electron chi connectivity index (χ4n) is 3.72. The molecule has 0 spiro atoms. The Morgan fingerprint density at radius 2 is 1.87 bits per heavy atom. The predicted molar refractivity (Wildman–Crippen MR) is 143 cm³/mol. The quantitative estimate of drug-likeness (QED) is 0.120. The molecule has 0 saturated heterocycles. The van der Waals surface area contributed by atoms with Crippen LogP contribution in [0, 0.1) is 10.1 Å². The Kier molecular flexibility index (Phi) is 9.34. The van der Waals surface area contributed by atoms with Crippen LogP contribution in [0.5, 0.6) is 5.75 Å². The normalized spacial score (nSPS) is 12.1. The van der Waals surface area contributed by atoms with Gasteiger partial charge in [-0.05, 0) is 50.8 Å². The van der Waals surface area contributed by atoms with E-state index in [1.807, 2.05) is 0 Å². The van der Waals surface area contributed by atoms with E-state index in [9.17, 15) is 19.5 Å². The van der Waals surface area contributed by atoms with Gasteiger partial charge in [-0.25, -0.2) is 9.78 Å². The van der Waals surface area contributed by atoms with Crippen molar-refractivity contribution in [2.75, 3.05) is 25.6 Å². The van der Waals surface area contributed by atoms with Crippen molar-refractivity contribution in [2.24, 2.45) is 0 Å². The smallest absolute Gasteiger partial charge is 0.495 e. The van der Waals surface area contributed by atoms with Gasteiger partial charge in [0.15, 0.2) is 5.13 Å². The summed E-state index contributed by atoms with van der Waals surface area (Å²) in [5.41, 5.74) is 0.504. The first-order valence-corrected chi connectivity index (χ1v) is 13.2. The van der Waals surface area contributed by atoms with E-state index in [2.05, 4.69) is 10.3 Å². The highest BCUT2D eigenvalue weighted by Crippen LogP contribution is 2.48. The van der Waals surface area contributed by atoms with E-state index in [0.29, 0.717) is 21.3 Å². The minimum absolute atomic E-state index is 0.131. The first-order valence-electron chi connectivity index (χ1n) is 11.6. The highest BCUT2D eigenvalue weighted by atomic mass is 32.1. The molecule has 3 aromatic rings. The molecule has 0 radical (unpaired) electrons. The Labute approximate surface area is 224 Å². The molecule has 0 fully saturated rings. The summed E-state index contributed by atoms with van der Waals surface area (Å²) in [5.74, 6) is -1.74. The summed E-state index contributed by atoms with van der Waals surface area (Å²) in [6.07, 6.45) is -0.700. The third-order valence-corrected chi connectivity index (χ3v) is 6.24. The predicted octanol–water partition coefficient (Wildman–Crippen LogP) is 6.37. The topological polar surface area (TPSA) is 148 Å². The Hall–Kier alpha value is -3.22. The van der Waals surface area contributed by atoms with Crippen LogP contribution in [-0.2, 0) is 29.3 Å². The molecule has 1 amide bonds. The lowest BCUT2D eigenvalue weighted by molar-refractivity contribution is -0.384. The molecule has 0 bridgehead atoms. The Morgan fingerprint density at radius 3 is 2.42 bits per heavy atom. The van der Waals surface area contributed by atoms with Crippen molar-refractivity contribution in [3.63, 3.8) is 0 Å². The van der Waals surface area contributed by atoms with E-state index in [4.69, 9.17) is 23.5 Å². The number of ether oxygens (including phenoxy) is 4. The van der Waals surface area contributed by atoms with Crippen molar-refractivity contribution in [3.05, 3.63) is 46.0 Å². The van der Waals surface area contributed by atoms with Gasteiger partial charge in [0.2, 0.25) is 0 Å². The summed E-state index contributed by atoms with van der Waals surface area (Å²) in [6.45, 7) is 8.90. The highest BCUT2D eigenvalue weighted by molar-refractivity contribution is 7.22. The minimum atomic E-state index is -1.92. The van der Waals surface area contributed by atoms with Crippen molar-refractivity contribution in [1.82, 2.24) is 4.98 Å². The fraction of sp³-hybridized carbons (Fsp3) is 0.417. The van der Waals surface area contributed by atoms with Gasteiger partial charge < -0.3 is 18.9 Å². The SMILES string of the molecule is CCOC(OCC)(O[PH+]=O)c1cc2sc(NC(=O)OC(C)(C)C)nc2c(-c2cccc([N+](=O)[O-])c2)c1OC. The summed E-state index contributed by atoms with van der Waals surface area (Å²) >= 11 is 1.12. The van der Waals surface area contributed by atoms with Crippen LogP contribution in [0.4, 0.5) is 15.6 Å². The zero-order valence-electron chi connectivity index (χ0n) is 21.8. The largest absolute Gasteiger partial charge is 0.500 e. The van der Waals surface area contributed by atoms with Crippen molar-refractivity contribution in [2.45, 2.75) is 46.2 Å². The average Bonchev–Trinajstić information content (AvgIpc) is 3.23. The molecule has 1 unspecified atom stereocenters. The number of anilines is 1. The number of non-ortho nitro benzene ring substituents is 1. The molecule has 2 aromatic carbocycles. The van der Waals surface area contributed by atoms with E-state index in [1.165, 1.54) is 25.3 Å². The molecule has 1 heterocycles. The second-order valence-electron chi connectivity index (χ2n) is 8.74. The number of amides is 1. The molecule has 38 heavy (non-hydrogen) atoms. The molecule has 14 heteroatoms. The van der Waals surface area contributed by atoms with Crippen LogP contribution in [0.3, 0.4) is 0 Å². The number of nitro groups is 1. The minimum Gasteiger partial charge on any atom is -0.495 e. The second-order valence-corrected chi connectivity index (χ2v) is 10.1. The average molecular weight is 567 g/mol. The lowest BCUT2D eigenvalue weighted by Gasteiger charge is -2.29. The standard InChI is InChI=1S/C24H28N3O9PS/c1-7-33-24(34-8-2,36-37-31)16-13-17-19(25-21(38-17)26-22(28)35-23(3,4)5)18(20(16)32-6)14-10-9-11-15(12-14)27(29)30/h9-13,37H,7-8H2,1-6H3/p+1. The third kappa shape index (κ3) is 6.43. The number of carbonyl (C=O) groups is 1. The zero-order chi connectivity index (χ0) is 28.1. The van der Waals surface area contributed by atoms with Crippen LogP contribution in [0.15, 0.2) is 30.3 Å². The molecular formula is C24H29N3O9PS+. The zero-order valence-corrected chi connectivity index (χ0v) is 23.6. The lowest BCUT2D eigenvalue weighted by Crippen LogP contribution is -2.34. The number of thiazole rings is 1. The molecular weight excluding hydrogens is 537 g/mol. The van der Waals surface area contributed by atoms with Gasteiger partial charge in [0, 0.05) is 12.1 Å².